The molecule has 2 N–H and O–H groups in total. The van der Waals surface area contributed by atoms with Gasteiger partial charge in [-0.3, -0.25) is 9.20 Å². The molecule has 11 heteroatoms. The monoisotopic (exact) mass is 430 g/mol. The van der Waals surface area contributed by atoms with Crippen molar-refractivity contribution in [2.24, 2.45) is 5.92 Å². The first-order valence-electron chi connectivity index (χ1n) is 9.97. The van der Waals surface area contributed by atoms with Crippen molar-refractivity contribution < 1.29 is 14.3 Å². The third kappa shape index (κ3) is 3.37. The van der Waals surface area contributed by atoms with Crippen molar-refractivity contribution in [1.29, 1.82) is 5.26 Å². The van der Waals surface area contributed by atoms with E-state index >= 15 is 0 Å². The summed E-state index contributed by atoms with van der Waals surface area (Å²) >= 11 is 0. The highest BCUT2D eigenvalue weighted by Crippen LogP contribution is 2.26. The topological polar surface area (TPSA) is 141 Å². The summed E-state index contributed by atoms with van der Waals surface area (Å²) in [5.74, 6) is -0.221. The fourth-order valence-electron chi connectivity index (χ4n) is 3.57. The summed E-state index contributed by atoms with van der Waals surface area (Å²) in [6.45, 7) is 2.32. The summed E-state index contributed by atoms with van der Waals surface area (Å²) in [5, 5.41) is 11.4. The molecule has 160 valence electrons. The zero-order valence-electron chi connectivity index (χ0n) is 17.0. The van der Waals surface area contributed by atoms with Crippen LogP contribution in [0.25, 0.3) is 28.2 Å². The van der Waals surface area contributed by atoms with Gasteiger partial charge in [0, 0.05) is 25.5 Å². The quantitative estimate of drug-likeness (QED) is 0.502. The summed E-state index contributed by atoms with van der Waals surface area (Å²) in [7, 11) is 0. The number of carbonyl (C=O) groups excluding carboxylic acids is 2. The average Bonchev–Trinajstić information content (AvgIpc) is 3.36. The first kappa shape index (κ1) is 19.5. The van der Waals surface area contributed by atoms with Gasteiger partial charge in [-0.25, -0.2) is 19.7 Å². The summed E-state index contributed by atoms with van der Waals surface area (Å²) in [5.41, 5.74) is 2.92. The van der Waals surface area contributed by atoms with Gasteiger partial charge in [0.1, 0.15) is 17.4 Å². The van der Waals surface area contributed by atoms with Gasteiger partial charge >= 0.3 is 6.09 Å². The van der Waals surface area contributed by atoms with Gasteiger partial charge in [0.2, 0.25) is 5.91 Å². The van der Waals surface area contributed by atoms with Crippen molar-refractivity contribution in [3.8, 4) is 23.2 Å². The Balaban J connectivity index is 1.32. The SMILES string of the molecule is C[C@@H](NC(=O)Oc1c[nH]c2ncc(-c3cnc4ccccn34)nc12)C(=O)N1CC(C#N)C1. The lowest BCUT2D eigenvalue weighted by Gasteiger charge is -2.36. The van der Waals surface area contributed by atoms with Crippen LogP contribution < -0.4 is 10.1 Å². The molecule has 0 radical (unpaired) electrons. The van der Waals surface area contributed by atoms with Crippen molar-refractivity contribution in [3.63, 3.8) is 0 Å². The van der Waals surface area contributed by atoms with Crippen molar-refractivity contribution in [3.05, 3.63) is 43.0 Å². The number of nitriles is 1. The number of H-pyrrole nitrogens is 1. The highest BCUT2D eigenvalue weighted by atomic mass is 16.6. The first-order chi connectivity index (χ1) is 15.5. The van der Waals surface area contributed by atoms with Crippen molar-refractivity contribution >= 4 is 28.8 Å². The molecular weight excluding hydrogens is 412 g/mol. The van der Waals surface area contributed by atoms with E-state index in [2.05, 4.69) is 31.3 Å². The largest absolute Gasteiger partial charge is 0.413 e. The van der Waals surface area contributed by atoms with Gasteiger partial charge in [-0.2, -0.15) is 5.26 Å². The molecule has 11 nitrogen and oxygen atoms in total. The number of nitrogens with zero attached hydrogens (tertiary/aromatic N) is 6. The Morgan fingerprint density at radius 2 is 2.16 bits per heavy atom. The van der Waals surface area contributed by atoms with Gasteiger partial charge in [-0.05, 0) is 19.1 Å². The van der Waals surface area contributed by atoms with E-state index in [-0.39, 0.29) is 17.6 Å². The third-order valence-corrected chi connectivity index (χ3v) is 5.31. The number of aromatic nitrogens is 5. The lowest BCUT2D eigenvalue weighted by molar-refractivity contribution is -0.137. The molecule has 0 aromatic carbocycles. The maximum atomic E-state index is 12.4. The zero-order chi connectivity index (χ0) is 22.2. The molecule has 0 bridgehead atoms. The van der Waals surface area contributed by atoms with Crippen LogP contribution in [0.15, 0.2) is 43.0 Å². The number of amides is 2. The molecule has 0 spiro atoms. The van der Waals surface area contributed by atoms with Crippen LogP contribution in [0.3, 0.4) is 0 Å². The lowest BCUT2D eigenvalue weighted by atomic mass is 10.0. The number of hydrogen-bond acceptors (Lipinski definition) is 7. The fraction of sp³-hybridized carbons (Fsp3) is 0.238. The summed E-state index contributed by atoms with van der Waals surface area (Å²) in [6.07, 6.45) is 5.89. The van der Waals surface area contributed by atoms with Crippen LogP contribution >= 0.6 is 0 Å². The Morgan fingerprint density at radius 1 is 1.31 bits per heavy atom. The van der Waals surface area contributed by atoms with E-state index in [9.17, 15) is 9.59 Å². The molecule has 1 saturated heterocycles. The standard InChI is InChI=1S/C21H18N8O3/c1-12(20(30)28-10-13(6-22)11-28)26-21(31)32-16-9-25-19-18(16)27-14(7-24-19)15-8-23-17-4-2-3-5-29(15)17/h2-5,7-9,12-13H,10-11H2,1H3,(H,24,25)(H,26,31)/t12-/m1/s1. The van der Waals surface area contributed by atoms with Gasteiger partial charge in [-0.15, -0.1) is 0 Å². The number of ether oxygens (including phenoxy) is 1. The highest BCUT2D eigenvalue weighted by Gasteiger charge is 2.33. The molecule has 5 heterocycles. The number of carbonyl (C=O) groups is 2. The summed E-state index contributed by atoms with van der Waals surface area (Å²) < 4.78 is 7.28. The van der Waals surface area contributed by atoms with E-state index in [0.717, 1.165) is 11.3 Å². The van der Waals surface area contributed by atoms with Crippen LogP contribution in [-0.4, -0.2) is 60.4 Å². The van der Waals surface area contributed by atoms with E-state index in [1.165, 1.54) is 11.1 Å². The van der Waals surface area contributed by atoms with Gasteiger partial charge in [0.05, 0.1) is 30.1 Å². The summed E-state index contributed by atoms with van der Waals surface area (Å²) in [6, 6.07) is 6.99. The zero-order valence-corrected chi connectivity index (χ0v) is 17.0. The maximum Gasteiger partial charge on any atom is 0.413 e. The number of pyridine rings is 1. The maximum absolute atomic E-state index is 12.4. The van der Waals surface area contributed by atoms with Gasteiger partial charge in [0.25, 0.3) is 0 Å². The molecular formula is C21H18N8O3. The molecule has 0 unspecified atom stereocenters. The van der Waals surface area contributed by atoms with E-state index in [1.807, 2.05) is 28.8 Å². The molecule has 5 rings (SSSR count). The second kappa shape index (κ2) is 7.66. The molecule has 0 aliphatic carbocycles. The van der Waals surface area contributed by atoms with Crippen LogP contribution in [0.5, 0.6) is 5.75 Å². The Morgan fingerprint density at radius 3 is 2.97 bits per heavy atom. The Labute approximate surface area is 181 Å². The average molecular weight is 430 g/mol. The van der Waals surface area contributed by atoms with E-state index in [4.69, 9.17) is 10.00 Å². The Kier molecular flexibility index (Phi) is 4.67. The Bertz CT molecular complexity index is 1380. The van der Waals surface area contributed by atoms with Crippen molar-refractivity contribution in [1.82, 2.24) is 34.6 Å². The predicted molar refractivity (Wildman–Crippen MR) is 112 cm³/mol. The van der Waals surface area contributed by atoms with E-state index in [1.54, 1.807) is 19.3 Å². The van der Waals surface area contributed by atoms with Gasteiger partial charge < -0.3 is 19.9 Å². The van der Waals surface area contributed by atoms with Crippen LogP contribution in [0.1, 0.15) is 6.92 Å². The number of fused-ring (bicyclic) bond motifs is 2. The lowest BCUT2D eigenvalue weighted by Crippen LogP contribution is -2.56. The predicted octanol–water partition coefficient (Wildman–Crippen LogP) is 1.73. The molecule has 32 heavy (non-hydrogen) atoms. The molecule has 1 fully saturated rings. The molecule has 4 aromatic heterocycles. The summed E-state index contributed by atoms with van der Waals surface area (Å²) in [4.78, 5) is 42.5. The minimum Gasteiger partial charge on any atom is -0.406 e. The van der Waals surface area contributed by atoms with E-state index in [0.29, 0.717) is 29.9 Å². The number of imidazole rings is 1. The smallest absolute Gasteiger partial charge is 0.406 e. The normalized spacial score (nSPS) is 14.7. The van der Waals surface area contributed by atoms with Crippen LogP contribution in [-0.2, 0) is 4.79 Å². The van der Waals surface area contributed by atoms with Crippen LogP contribution in [0, 0.1) is 17.2 Å². The molecule has 1 aliphatic heterocycles. The number of hydrogen-bond donors (Lipinski definition) is 2. The second-order valence-electron chi connectivity index (χ2n) is 7.50. The number of nitrogens with one attached hydrogen (secondary N) is 2. The van der Waals surface area contributed by atoms with Gasteiger partial charge in [-0.1, -0.05) is 6.07 Å². The highest BCUT2D eigenvalue weighted by molar-refractivity contribution is 5.88. The molecule has 0 saturated carbocycles. The van der Waals surface area contributed by atoms with Crippen LogP contribution in [0.4, 0.5) is 4.79 Å². The second-order valence-corrected chi connectivity index (χ2v) is 7.50. The van der Waals surface area contributed by atoms with Crippen molar-refractivity contribution in [2.75, 3.05) is 13.1 Å². The number of likely N-dealkylation sites (tertiary alicyclic amines) is 1. The molecule has 1 atom stereocenters. The molecule has 2 amide bonds. The van der Waals surface area contributed by atoms with Crippen LogP contribution in [0.2, 0.25) is 0 Å². The fourth-order valence-corrected chi connectivity index (χ4v) is 3.57. The first-order valence-corrected chi connectivity index (χ1v) is 9.97. The third-order valence-electron chi connectivity index (χ3n) is 5.31. The van der Waals surface area contributed by atoms with Gasteiger partial charge in [0.15, 0.2) is 16.9 Å². The molecule has 1 aliphatic rings. The minimum atomic E-state index is -0.786. The Hall–Kier alpha value is -4.46. The van der Waals surface area contributed by atoms with Crippen molar-refractivity contribution in [2.45, 2.75) is 13.0 Å². The number of aromatic amines is 1. The van der Waals surface area contributed by atoms with E-state index < -0.39 is 12.1 Å². The minimum absolute atomic E-state index is 0.148. The number of rotatable bonds is 4. The molecule has 4 aromatic rings.